The van der Waals surface area contributed by atoms with Gasteiger partial charge in [-0.15, -0.1) is 0 Å². The number of carboxylic acid groups (broad SMARTS) is 1. The zero-order chi connectivity index (χ0) is 30.8. The second kappa shape index (κ2) is 12.8. The van der Waals surface area contributed by atoms with Gasteiger partial charge in [0, 0.05) is 25.6 Å². The number of aliphatic carboxylic acids is 1. The maximum atomic E-state index is 11.8. The number of hydrogen-bond donors (Lipinski definition) is 5. The molecular weight excluding hydrogens is 528 g/mol. The predicted octanol–water partition coefficient (Wildman–Crippen LogP) is 5.68. The standard InChI is InChI=1S/C35H54N2O5/c1-32(2)16-6-17-34(4)28(32)15-20-35(5,42)29(34)14-19-33(3,41)18-13-24-7-9-25(10-8-24)22-36-23-26-21-27(26)37-30(38)11-12-31(39)40/h7-10,13,18,26-29,36,41-42H,6,11-12,14-17,19-23H2,1-5H3,(H,37,38)(H,39,40)/b18-13+/t26?,27?,28-,29+,33-,34?,35+/m0/s1. The fourth-order valence-electron chi connectivity index (χ4n) is 8.36. The van der Waals surface area contributed by atoms with Crippen LogP contribution in [-0.4, -0.2) is 51.0 Å². The molecule has 7 nitrogen and oxygen atoms in total. The number of aliphatic hydroxyl groups is 2. The van der Waals surface area contributed by atoms with Gasteiger partial charge in [-0.25, -0.2) is 0 Å². The van der Waals surface area contributed by atoms with Crippen LogP contribution in [0.2, 0.25) is 0 Å². The summed E-state index contributed by atoms with van der Waals surface area (Å²) in [5.41, 5.74) is 0.958. The van der Waals surface area contributed by atoms with E-state index in [9.17, 15) is 19.8 Å². The number of hydrogen-bond acceptors (Lipinski definition) is 5. The zero-order valence-electron chi connectivity index (χ0n) is 26.4. The molecule has 1 amide bonds. The second-order valence-corrected chi connectivity index (χ2v) is 15.0. The second-order valence-electron chi connectivity index (χ2n) is 15.0. The number of rotatable bonds is 13. The van der Waals surface area contributed by atoms with E-state index >= 15 is 0 Å². The Balaban J connectivity index is 1.23. The Morgan fingerprint density at radius 3 is 2.48 bits per heavy atom. The van der Waals surface area contributed by atoms with E-state index in [0.717, 1.165) is 50.8 Å². The molecule has 0 aromatic heterocycles. The van der Waals surface area contributed by atoms with E-state index in [1.807, 2.05) is 26.0 Å². The highest BCUT2D eigenvalue weighted by atomic mass is 16.4. The van der Waals surface area contributed by atoms with Crippen LogP contribution in [0, 0.1) is 28.6 Å². The molecule has 1 aromatic rings. The smallest absolute Gasteiger partial charge is 0.303 e. The summed E-state index contributed by atoms with van der Waals surface area (Å²) in [7, 11) is 0. The fraction of sp³-hybridized carbons (Fsp3) is 0.714. The summed E-state index contributed by atoms with van der Waals surface area (Å²) in [5.74, 6) is 0.0310. The maximum Gasteiger partial charge on any atom is 0.303 e. The largest absolute Gasteiger partial charge is 0.481 e. The summed E-state index contributed by atoms with van der Waals surface area (Å²) in [6, 6.07) is 8.44. The first-order chi connectivity index (χ1) is 19.6. The van der Waals surface area contributed by atoms with Gasteiger partial charge in [0.1, 0.15) is 0 Å². The van der Waals surface area contributed by atoms with Crippen molar-refractivity contribution >= 4 is 18.0 Å². The lowest BCUT2D eigenvalue weighted by Crippen LogP contribution is -2.57. The normalized spacial score (nSPS) is 33.5. The van der Waals surface area contributed by atoms with E-state index in [4.69, 9.17) is 5.11 Å². The molecule has 7 atom stereocenters. The van der Waals surface area contributed by atoms with Crippen LogP contribution < -0.4 is 10.6 Å². The van der Waals surface area contributed by atoms with Crippen molar-refractivity contribution in [1.29, 1.82) is 0 Å². The minimum absolute atomic E-state index is 0.0309. The summed E-state index contributed by atoms with van der Waals surface area (Å²) in [6.07, 6.45) is 11.7. The van der Waals surface area contributed by atoms with E-state index in [-0.39, 0.29) is 36.1 Å². The molecule has 5 N–H and O–H groups in total. The lowest BCUT2D eigenvalue weighted by Gasteiger charge is -2.61. The van der Waals surface area contributed by atoms with Crippen LogP contribution in [0.15, 0.2) is 30.3 Å². The van der Waals surface area contributed by atoms with E-state index in [2.05, 4.69) is 55.7 Å². The van der Waals surface area contributed by atoms with Crippen molar-refractivity contribution in [3.63, 3.8) is 0 Å². The van der Waals surface area contributed by atoms with Gasteiger partial charge in [-0.2, -0.15) is 0 Å². The van der Waals surface area contributed by atoms with Gasteiger partial charge in [0.05, 0.1) is 17.6 Å². The van der Waals surface area contributed by atoms with Gasteiger partial charge in [-0.1, -0.05) is 63.6 Å². The van der Waals surface area contributed by atoms with Crippen molar-refractivity contribution in [2.24, 2.45) is 28.6 Å². The molecule has 0 spiro atoms. The van der Waals surface area contributed by atoms with Gasteiger partial charge < -0.3 is 26.0 Å². The minimum atomic E-state index is -0.952. The molecule has 0 heterocycles. The number of amides is 1. The van der Waals surface area contributed by atoms with Crippen LogP contribution in [0.3, 0.4) is 0 Å². The Morgan fingerprint density at radius 2 is 1.79 bits per heavy atom. The number of carbonyl (C=O) groups is 2. The lowest BCUT2D eigenvalue weighted by molar-refractivity contribution is -0.171. The lowest BCUT2D eigenvalue weighted by atomic mass is 9.45. The monoisotopic (exact) mass is 582 g/mol. The third kappa shape index (κ3) is 8.23. The molecular formula is C35H54N2O5. The van der Waals surface area contributed by atoms with Crippen LogP contribution in [0.5, 0.6) is 0 Å². The van der Waals surface area contributed by atoms with Crippen molar-refractivity contribution in [3.8, 4) is 0 Å². The third-order valence-corrected chi connectivity index (χ3v) is 10.9. The van der Waals surface area contributed by atoms with Crippen LogP contribution >= 0.6 is 0 Å². The number of fused-ring (bicyclic) bond motifs is 1. The van der Waals surface area contributed by atoms with Gasteiger partial charge in [-0.05, 0) is 98.5 Å². The van der Waals surface area contributed by atoms with Crippen molar-refractivity contribution in [2.75, 3.05) is 6.54 Å². The molecule has 0 bridgehead atoms. The fourth-order valence-corrected chi connectivity index (χ4v) is 8.36. The molecule has 0 saturated heterocycles. The summed E-state index contributed by atoms with van der Waals surface area (Å²) < 4.78 is 0. The zero-order valence-corrected chi connectivity index (χ0v) is 26.4. The molecule has 0 aliphatic heterocycles. The Morgan fingerprint density at radius 1 is 1.07 bits per heavy atom. The molecule has 0 radical (unpaired) electrons. The molecule has 4 rings (SSSR count). The van der Waals surface area contributed by atoms with E-state index in [1.165, 1.54) is 18.4 Å². The molecule has 234 valence electrons. The van der Waals surface area contributed by atoms with Gasteiger partial charge in [0.15, 0.2) is 0 Å². The molecule has 3 unspecified atom stereocenters. The first kappa shape index (κ1) is 32.7. The molecule has 3 aliphatic rings. The quantitative estimate of drug-likeness (QED) is 0.204. The average molecular weight is 583 g/mol. The first-order valence-corrected chi connectivity index (χ1v) is 16.1. The summed E-state index contributed by atoms with van der Waals surface area (Å²) >= 11 is 0. The Kier molecular flexibility index (Phi) is 9.96. The highest BCUT2D eigenvalue weighted by Gasteiger charge is 2.57. The van der Waals surface area contributed by atoms with Crippen molar-refractivity contribution in [3.05, 3.63) is 41.5 Å². The summed E-state index contributed by atoms with van der Waals surface area (Å²) in [5, 5.41) is 37.8. The highest BCUT2D eigenvalue weighted by molar-refractivity contribution is 5.81. The Labute approximate surface area is 252 Å². The number of carboxylic acids is 1. The van der Waals surface area contributed by atoms with Crippen LogP contribution in [0.4, 0.5) is 0 Å². The first-order valence-electron chi connectivity index (χ1n) is 16.1. The maximum absolute atomic E-state index is 11.8. The highest BCUT2D eigenvalue weighted by Crippen LogP contribution is 2.63. The Hall–Kier alpha value is -2.22. The van der Waals surface area contributed by atoms with Crippen molar-refractivity contribution < 1.29 is 24.9 Å². The number of carbonyl (C=O) groups excluding carboxylic acids is 1. The molecule has 1 aromatic carbocycles. The van der Waals surface area contributed by atoms with Crippen molar-refractivity contribution in [1.82, 2.24) is 10.6 Å². The van der Waals surface area contributed by atoms with E-state index < -0.39 is 17.2 Å². The third-order valence-electron chi connectivity index (χ3n) is 10.9. The SMILES string of the molecule is CC1(C)CCCC2(C)[C@@H](CC[C@@](C)(O)/C=C/c3ccc(CNCC4CC4NC(=O)CCC(=O)O)cc3)[C@](C)(O)CC[C@@H]12. The molecule has 7 heteroatoms. The number of nitrogens with one attached hydrogen (secondary N) is 2. The summed E-state index contributed by atoms with van der Waals surface area (Å²) in [6.45, 7) is 12.7. The van der Waals surface area contributed by atoms with Gasteiger partial charge in [0.25, 0.3) is 0 Å². The van der Waals surface area contributed by atoms with Crippen LogP contribution in [0.1, 0.15) is 110 Å². The molecule has 3 fully saturated rings. The van der Waals surface area contributed by atoms with Crippen LogP contribution in [0.25, 0.3) is 6.08 Å². The van der Waals surface area contributed by atoms with Gasteiger partial charge >= 0.3 is 5.97 Å². The minimum Gasteiger partial charge on any atom is -0.481 e. The van der Waals surface area contributed by atoms with Crippen LogP contribution in [-0.2, 0) is 16.1 Å². The topological polar surface area (TPSA) is 119 Å². The van der Waals surface area contributed by atoms with E-state index in [0.29, 0.717) is 23.7 Å². The average Bonchev–Trinajstić information content (AvgIpc) is 3.62. The number of benzene rings is 1. The van der Waals surface area contributed by atoms with Gasteiger partial charge in [0.2, 0.25) is 5.91 Å². The summed E-state index contributed by atoms with van der Waals surface area (Å²) in [4.78, 5) is 22.4. The molecule has 3 saturated carbocycles. The van der Waals surface area contributed by atoms with E-state index in [1.54, 1.807) is 0 Å². The molecule has 42 heavy (non-hydrogen) atoms. The molecule has 3 aliphatic carbocycles. The Bertz CT molecular complexity index is 1120. The predicted molar refractivity (Wildman–Crippen MR) is 167 cm³/mol. The van der Waals surface area contributed by atoms with Crippen molar-refractivity contribution in [2.45, 2.75) is 123 Å². The van der Waals surface area contributed by atoms with Gasteiger partial charge in [-0.3, -0.25) is 9.59 Å².